The number of imide groups is 1. The van der Waals surface area contributed by atoms with E-state index in [4.69, 9.17) is 11.6 Å². The molecule has 2 heterocycles. The lowest BCUT2D eigenvalue weighted by atomic mass is 10.1. The van der Waals surface area contributed by atoms with Crippen molar-refractivity contribution in [3.8, 4) is 0 Å². The van der Waals surface area contributed by atoms with Gasteiger partial charge in [-0.1, -0.05) is 12.1 Å². The molecule has 2 aromatic rings. The minimum atomic E-state index is -0.434. The van der Waals surface area contributed by atoms with Crippen LogP contribution in [-0.2, 0) is 9.59 Å². The van der Waals surface area contributed by atoms with Crippen LogP contribution in [0.2, 0.25) is 0 Å². The molecule has 5 nitrogen and oxygen atoms in total. The van der Waals surface area contributed by atoms with Crippen LogP contribution in [0, 0.1) is 0 Å². The number of halogens is 1. The highest BCUT2D eigenvalue weighted by atomic mass is 35.5. The monoisotopic (exact) mass is 291 g/mol. The molecule has 1 aromatic heterocycles. The highest BCUT2D eigenvalue weighted by Gasteiger charge is 2.31. The number of rotatable bonds is 2. The van der Waals surface area contributed by atoms with Crippen molar-refractivity contribution in [2.24, 2.45) is 0 Å². The Morgan fingerprint density at radius 2 is 2.15 bits per heavy atom. The lowest BCUT2D eigenvalue weighted by molar-refractivity contribution is -0.135. The summed E-state index contributed by atoms with van der Waals surface area (Å²) in [5, 5.41) is 2.07. The number of aromatic nitrogens is 2. The van der Waals surface area contributed by atoms with Crippen molar-refractivity contribution in [3.05, 3.63) is 30.1 Å². The van der Waals surface area contributed by atoms with Gasteiger partial charge in [-0.2, -0.15) is 0 Å². The summed E-state index contributed by atoms with van der Waals surface area (Å²) >= 11 is 6.19. The second-order valence-electron chi connectivity index (χ2n) is 4.91. The quantitative estimate of drug-likeness (QED) is 0.682. The van der Waals surface area contributed by atoms with E-state index in [-0.39, 0.29) is 17.2 Å². The summed E-state index contributed by atoms with van der Waals surface area (Å²) in [6.45, 7) is 1.82. The van der Waals surface area contributed by atoms with Crippen molar-refractivity contribution in [2.75, 3.05) is 0 Å². The predicted molar refractivity (Wildman–Crippen MR) is 75.4 cm³/mol. The first kappa shape index (κ1) is 13.1. The highest BCUT2D eigenvalue weighted by molar-refractivity contribution is 6.20. The summed E-state index contributed by atoms with van der Waals surface area (Å²) in [5.74, 6) is 0.140. The third kappa shape index (κ3) is 2.08. The fraction of sp³-hybridized carbons (Fsp3) is 0.357. The maximum atomic E-state index is 12.1. The highest BCUT2D eigenvalue weighted by Crippen LogP contribution is 2.31. The van der Waals surface area contributed by atoms with Crippen LogP contribution < -0.4 is 5.32 Å². The number of hydrogen-bond donors (Lipinski definition) is 1. The number of para-hydroxylation sites is 2. The number of amides is 2. The first-order valence-corrected chi connectivity index (χ1v) is 6.96. The summed E-state index contributed by atoms with van der Waals surface area (Å²) in [5.41, 5.74) is 1.67. The molecule has 104 valence electrons. The van der Waals surface area contributed by atoms with E-state index >= 15 is 0 Å². The molecule has 1 fully saturated rings. The van der Waals surface area contributed by atoms with E-state index in [2.05, 4.69) is 10.3 Å². The molecule has 0 radical (unpaired) electrons. The minimum absolute atomic E-state index is 0.226. The van der Waals surface area contributed by atoms with Crippen LogP contribution in [0.4, 0.5) is 0 Å². The van der Waals surface area contributed by atoms with Gasteiger partial charge in [-0.25, -0.2) is 4.98 Å². The van der Waals surface area contributed by atoms with Gasteiger partial charge < -0.3 is 4.57 Å². The molecule has 0 bridgehead atoms. The third-order valence-corrected chi connectivity index (χ3v) is 3.70. The van der Waals surface area contributed by atoms with E-state index in [1.807, 2.05) is 35.8 Å². The van der Waals surface area contributed by atoms with Gasteiger partial charge in [0.1, 0.15) is 11.9 Å². The summed E-state index contributed by atoms with van der Waals surface area (Å²) in [6, 6.07) is 7.16. The van der Waals surface area contributed by atoms with Crippen LogP contribution >= 0.6 is 11.6 Å². The molecule has 20 heavy (non-hydrogen) atoms. The molecule has 2 unspecified atom stereocenters. The number of hydrogen-bond acceptors (Lipinski definition) is 3. The van der Waals surface area contributed by atoms with Crippen molar-refractivity contribution >= 4 is 34.4 Å². The zero-order valence-corrected chi connectivity index (χ0v) is 11.7. The van der Waals surface area contributed by atoms with E-state index in [0.717, 1.165) is 11.0 Å². The van der Waals surface area contributed by atoms with Crippen LogP contribution in [0.3, 0.4) is 0 Å². The zero-order valence-electron chi connectivity index (χ0n) is 11.0. The van der Waals surface area contributed by atoms with Crippen molar-refractivity contribution in [3.63, 3.8) is 0 Å². The number of benzene rings is 1. The molecule has 3 rings (SSSR count). The van der Waals surface area contributed by atoms with E-state index in [1.54, 1.807) is 0 Å². The van der Waals surface area contributed by atoms with Gasteiger partial charge in [0.15, 0.2) is 0 Å². The van der Waals surface area contributed by atoms with E-state index < -0.39 is 6.04 Å². The Kier molecular flexibility index (Phi) is 3.22. The zero-order chi connectivity index (χ0) is 14.3. The number of imidazole rings is 1. The minimum Gasteiger partial charge on any atom is -0.314 e. The number of carbonyl (C=O) groups is 2. The number of piperidine rings is 1. The fourth-order valence-corrected chi connectivity index (χ4v) is 2.75. The molecule has 2 atom stereocenters. The smallest absolute Gasteiger partial charge is 0.249 e. The molecule has 1 saturated heterocycles. The van der Waals surface area contributed by atoms with E-state index in [0.29, 0.717) is 18.7 Å². The normalized spacial score (nSPS) is 21.0. The molecule has 1 aliphatic heterocycles. The van der Waals surface area contributed by atoms with Crippen molar-refractivity contribution in [2.45, 2.75) is 31.2 Å². The van der Waals surface area contributed by atoms with Gasteiger partial charge in [-0.3, -0.25) is 14.9 Å². The number of alkyl halides is 1. The molecule has 0 spiro atoms. The summed E-state index contributed by atoms with van der Waals surface area (Å²) in [6.07, 6.45) is 0.806. The Balaban J connectivity index is 2.16. The summed E-state index contributed by atoms with van der Waals surface area (Å²) < 4.78 is 1.86. The fourth-order valence-electron chi connectivity index (χ4n) is 2.60. The maximum Gasteiger partial charge on any atom is 0.249 e. The SMILES string of the molecule is CC(Cl)c1nc2ccccc2n1C1CCC(=O)NC1=O. The van der Waals surface area contributed by atoms with E-state index in [9.17, 15) is 9.59 Å². The third-order valence-electron chi connectivity index (χ3n) is 3.50. The maximum absolute atomic E-state index is 12.1. The second-order valence-corrected chi connectivity index (χ2v) is 5.57. The second kappa shape index (κ2) is 4.90. The molecule has 2 amide bonds. The molecule has 1 N–H and O–H groups in total. The molecular weight excluding hydrogens is 278 g/mol. The first-order chi connectivity index (χ1) is 9.58. The average molecular weight is 292 g/mol. The summed E-state index contributed by atoms with van der Waals surface area (Å²) in [4.78, 5) is 27.9. The van der Waals surface area contributed by atoms with Gasteiger partial charge >= 0.3 is 0 Å². The number of carbonyl (C=O) groups excluding carboxylic acids is 2. The van der Waals surface area contributed by atoms with Crippen molar-refractivity contribution in [1.29, 1.82) is 0 Å². The van der Waals surface area contributed by atoms with Crippen LogP contribution in [0.15, 0.2) is 24.3 Å². The van der Waals surface area contributed by atoms with E-state index in [1.165, 1.54) is 0 Å². The van der Waals surface area contributed by atoms with Gasteiger partial charge in [0.2, 0.25) is 11.8 Å². The molecule has 0 saturated carbocycles. The van der Waals surface area contributed by atoms with Gasteiger partial charge in [0.25, 0.3) is 0 Å². The Bertz CT molecular complexity index is 693. The number of nitrogens with zero attached hydrogens (tertiary/aromatic N) is 2. The summed E-state index contributed by atoms with van der Waals surface area (Å²) in [7, 11) is 0. The molecule has 6 heteroatoms. The lowest BCUT2D eigenvalue weighted by Gasteiger charge is -2.24. The molecule has 1 aliphatic rings. The lowest BCUT2D eigenvalue weighted by Crippen LogP contribution is -2.42. The topological polar surface area (TPSA) is 64.0 Å². The Morgan fingerprint density at radius 3 is 2.85 bits per heavy atom. The molecule has 1 aromatic carbocycles. The van der Waals surface area contributed by atoms with Gasteiger partial charge in [0, 0.05) is 6.42 Å². The van der Waals surface area contributed by atoms with Crippen LogP contribution in [0.1, 0.15) is 37.0 Å². The van der Waals surface area contributed by atoms with Gasteiger partial charge in [-0.15, -0.1) is 11.6 Å². The largest absolute Gasteiger partial charge is 0.314 e. The number of nitrogens with one attached hydrogen (secondary N) is 1. The standard InChI is InChI=1S/C14H14ClN3O2/c1-8(15)13-16-9-4-2-3-5-10(9)18(13)11-6-7-12(19)17-14(11)20/h2-5,8,11H,6-7H2,1H3,(H,17,19,20). The Morgan fingerprint density at radius 1 is 1.40 bits per heavy atom. The van der Waals surface area contributed by atoms with Crippen molar-refractivity contribution in [1.82, 2.24) is 14.9 Å². The Labute approximate surface area is 120 Å². The number of fused-ring (bicyclic) bond motifs is 1. The first-order valence-electron chi connectivity index (χ1n) is 6.52. The van der Waals surface area contributed by atoms with Crippen LogP contribution in [-0.4, -0.2) is 21.4 Å². The molecule has 0 aliphatic carbocycles. The molecular formula is C14H14ClN3O2. The van der Waals surface area contributed by atoms with Gasteiger partial charge in [-0.05, 0) is 25.5 Å². The Hall–Kier alpha value is -1.88. The average Bonchev–Trinajstić information content (AvgIpc) is 2.78. The van der Waals surface area contributed by atoms with Crippen molar-refractivity contribution < 1.29 is 9.59 Å². The van der Waals surface area contributed by atoms with Crippen LogP contribution in [0.25, 0.3) is 11.0 Å². The van der Waals surface area contributed by atoms with Gasteiger partial charge in [0.05, 0.1) is 16.4 Å². The predicted octanol–water partition coefficient (Wildman–Crippen LogP) is 2.31. The van der Waals surface area contributed by atoms with Crippen LogP contribution in [0.5, 0.6) is 0 Å².